The summed E-state index contributed by atoms with van der Waals surface area (Å²) < 4.78 is 6.23. The van der Waals surface area contributed by atoms with E-state index < -0.39 is 0 Å². The van der Waals surface area contributed by atoms with Crippen LogP contribution in [0, 0.1) is 0 Å². The molecule has 1 heterocycles. The fraction of sp³-hybridized carbons (Fsp3) is 0.667. The molecule has 0 radical (unpaired) electrons. The number of nitrogens with one attached hydrogen (secondary N) is 1. The normalized spacial score (nSPS) is 18.5. The van der Waals surface area contributed by atoms with Crippen LogP contribution in [0.2, 0.25) is 0 Å². The highest BCUT2D eigenvalue weighted by molar-refractivity contribution is 9.10. The van der Waals surface area contributed by atoms with Crippen molar-refractivity contribution in [1.82, 2.24) is 5.32 Å². The molecule has 3 nitrogen and oxygen atoms in total. The molecular formula is C15H22BrNO2S. The summed E-state index contributed by atoms with van der Waals surface area (Å²) in [5, 5.41) is 5.53. The molecule has 112 valence electrons. The Balaban J connectivity index is 2.09. The molecule has 1 aliphatic carbocycles. The highest BCUT2D eigenvalue weighted by atomic mass is 79.9. The fourth-order valence-electron chi connectivity index (χ4n) is 2.67. The van der Waals surface area contributed by atoms with Gasteiger partial charge in [-0.05, 0) is 47.1 Å². The van der Waals surface area contributed by atoms with Gasteiger partial charge in [0.2, 0.25) is 0 Å². The van der Waals surface area contributed by atoms with Crippen LogP contribution in [0.3, 0.4) is 0 Å². The van der Waals surface area contributed by atoms with Crippen molar-refractivity contribution < 1.29 is 9.53 Å². The summed E-state index contributed by atoms with van der Waals surface area (Å²) in [6, 6.07) is 2.06. The molecule has 1 N–H and O–H groups in total. The zero-order valence-corrected chi connectivity index (χ0v) is 14.3. The second-order valence-corrected chi connectivity index (χ2v) is 6.98. The van der Waals surface area contributed by atoms with Gasteiger partial charge < -0.3 is 4.74 Å². The summed E-state index contributed by atoms with van der Waals surface area (Å²) in [5.41, 5.74) is 0. The van der Waals surface area contributed by atoms with E-state index in [1.165, 1.54) is 25.7 Å². The summed E-state index contributed by atoms with van der Waals surface area (Å²) >= 11 is 5.12. The highest BCUT2D eigenvalue weighted by Gasteiger charge is 2.28. The minimum absolute atomic E-state index is 0.167. The van der Waals surface area contributed by atoms with Gasteiger partial charge >= 0.3 is 5.97 Å². The molecule has 1 saturated carbocycles. The van der Waals surface area contributed by atoms with E-state index in [1.54, 1.807) is 11.3 Å². The minimum Gasteiger partial charge on any atom is -0.465 e. The standard InChI is InChI=1S/C15H22BrNO2S/c1-2-19-15(18)13(14-12(16)9-10-20-14)17-11-7-5-3-4-6-8-11/h9-11,13,17H,2-8H2,1H3. The Morgan fingerprint density at radius 1 is 1.45 bits per heavy atom. The third-order valence-corrected chi connectivity index (χ3v) is 5.62. The first-order valence-corrected chi connectivity index (χ1v) is 9.05. The number of ether oxygens (including phenoxy) is 1. The van der Waals surface area contributed by atoms with Gasteiger partial charge in [0.1, 0.15) is 6.04 Å². The van der Waals surface area contributed by atoms with Crippen molar-refractivity contribution in [1.29, 1.82) is 0 Å². The number of halogens is 1. The van der Waals surface area contributed by atoms with Crippen LogP contribution in [-0.2, 0) is 9.53 Å². The van der Waals surface area contributed by atoms with E-state index in [0.29, 0.717) is 12.6 Å². The quantitative estimate of drug-likeness (QED) is 0.624. The van der Waals surface area contributed by atoms with Crippen LogP contribution in [0.5, 0.6) is 0 Å². The van der Waals surface area contributed by atoms with E-state index >= 15 is 0 Å². The van der Waals surface area contributed by atoms with Gasteiger partial charge in [-0.25, -0.2) is 4.79 Å². The lowest BCUT2D eigenvalue weighted by atomic mass is 10.1. The highest BCUT2D eigenvalue weighted by Crippen LogP contribution is 2.31. The average Bonchev–Trinajstić information content (AvgIpc) is 2.70. The number of hydrogen-bond donors (Lipinski definition) is 1. The molecule has 2 rings (SSSR count). The monoisotopic (exact) mass is 359 g/mol. The molecule has 0 aromatic carbocycles. The first-order valence-electron chi connectivity index (χ1n) is 7.38. The van der Waals surface area contributed by atoms with Crippen LogP contribution in [0.1, 0.15) is 56.4 Å². The summed E-state index contributed by atoms with van der Waals surface area (Å²) in [6.45, 7) is 2.27. The molecule has 1 aromatic heterocycles. The Kier molecular flexibility index (Phi) is 6.52. The van der Waals surface area contributed by atoms with Crippen molar-refractivity contribution in [3.63, 3.8) is 0 Å². The zero-order chi connectivity index (χ0) is 14.4. The Labute approximate surface area is 133 Å². The van der Waals surface area contributed by atoms with Gasteiger partial charge in [-0.1, -0.05) is 25.7 Å². The maximum Gasteiger partial charge on any atom is 0.328 e. The summed E-state index contributed by atoms with van der Waals surface area (Å²) in [5.74, 6) is -0.167. The predicted octanol–water partition coefficient (Wildman–Crippen LogP) is 4.43. The summed E-state index contributed by atoms with van der Waals surface area (Å²) in [4.78, 5) is 13.3. The minimum atomic E-state index is -0.340. The average molecular weight is 360 g/mol. The largest absolute Gasteiger partial charge is 0.465 e. The smallest absolute Gasteiger partial charge is 0.328 e. The summed E-state index contributed by atoms with van der Waals surface area (Å²) in [6.07, 6.45) is 7.42. The van der Waals surface area contributed by atoms with Crippen LogP contribution in [0.25, 0.3) is 0 Å². The molecule has 5 heteroatoms. The van der Waals surface area contributed by atoms with E-state index in [0.717, 1.165) is 22.2 Å². The first-order chi connectivity index (χ1) is 9.72. The van der Waals surface area contributed by atoms with Crippen LogP contribution < -0.4 is 5.32 Å². The third kappa shape index (κ3) is 4.30. The third-order valence-electron chi connectivity index (χ3n) is 3.69. The van der Waals surface area contributed by atoms with E-state index in [9.17, 15) is 4.79 Å². The van der Waals surface area contributed by atoms with Crippen molar-refractivity contribution in [3.8, 4) is 0 Å². The van der Waals surface area contributed by atoms with Gasteiger partial charge in [-0.2, -0.15) is 0 Å². The fourth-order valence-corrected chi connectivity index (χ4v) is 4.32. The van der Waals surface area contributed by atoms with Gasteiger partial charge in [0, 0.05) is 15.4 Å². The van der Waals surface area contributed by atoms with Crippen molar-refractivity contribution in [2.75, 3.05) is 6.61 Å². The zero-order valence-electron chi connectivity index (χ0n) is 11.9. The Morgan fingerprint density at radius 3 is 2.70 bits per heavy atom. The molecule has 1 unspecified atom stereocenters. The predicted molar refractivity (Wildman–Crippen MR) is 86.0 cm³/mol. The molecule has 0 saturated heterocycles. The van der Waals surface area contributed by atoms with Gasteiger partial charge in [-0.3, -0.25) is 5.32 Å². The lowest BCUT2D eigenvalue weighted by molar-refractivity contribution is -0.146. The molecule has 1 fully saturated rings. The molecule has 0 aliphatic heterocycles. The van der Waals surface area contributed by atoms with E-state index in [2.05, 4.69) is 21.2 Å². The maximum absolute atomic E-state index is 12.3. The van der Waals surface area contributed by atoms with Crippen molar-refractivity contribution in [3.05, 3.63) is 20.8 Å². The second kappa shape index (κ2) is 8.15. The number of hydrogen-bond acceptors (Lipinski definition) is 4. The molecule has 0 amide bonds. The lowest BCUT2D eigenvalue weighted by Gasteiger charge is -2.23. The molecule has 0 bridgehead atoms. The second-order valence-electron chi connectivity index (χ2n) is 5.17. The van der Waals surface area contributed by atoms with E-state index in [-0.39, 0.29) is 12.0 Å². The molecule has 1 atom stereocenters. The van der Waals surface area contributed by atoms with Crippen molar-refractivity contribution in [2.45, 2.75) is 57.5 Å². The van der Waals surface area contributed by atoms with Crippen LogP contribution in [-0.4, -0.2) is 18.6 Å². The number of esters is 1. The van der Waals surface area contributed by atoms with Crippen LogP contribution in [0.4, 0.5) is 0 Å². The number of thiophene rings is 1. The number of rotatable bonds is 5. The topological polar surface area (TPSA) is 38.3 Å². The SMILES string of the molecule is CCOC(=O)C(NC1CCCCCC1)c1sccc1Br. The molecule has 20 heavy (non-hydrogen) atoms. The lowest BCUT2D eigenvalue weighted by Crippen LogP contribution is -2.37. The molecule has 0 spiro atoms. The van der Waals surface area contributed by atoms with Gasteiger partial charge in [0.15, 0.2) is 0 Å². The maximum atomic E-state index is 12.3. The Bertz CT molecular complexity index is 427. The van der Waals surface area contributed by atoms with E-state index in [1.807, 2.05) is 18.4 Å². The summed E-state index contributed by atoms with van der Waals surface area (Å²) in [7, 11) is 0. The van der Waals surface area contributed by atoms with Gasteiger partial charge in [0.25, 0.3) is 0 Å². The van der Waals surface area contributed by atoms with Gasteiger partial charge in [-0.15, -0.1) is 11.3 Å². The first kappa shape index (κ1) is 16.0. The van der Waals surface area contributed by atoms with Crippen LogP contribution >= 0.6 is 27.3 Å². The van der Waals surface area contributed by atoms with Crippen molar-refractivity contribution in [2.24, 2.45) is 0 Å². The Hall–Kier alpha value is -0.390. The van der Waals surface area contributed by atoms with E-state index in [4.69, 9.17) is 4.74 Å². The van der Waals surface area contributed by atoms with Gasteiger partial charge in [0.05, 0.1) is 6.61 Å². The van der Waals surface area contributed by atoms with Crippen molar-refractivity contribution >= 4 is 33.2 Å². The Morgan fingerprint density at radius 2 is 2.15 bits per heavy atom. The number of carbonyl (C=O) groups excluding carboxylic acids is 1. The molecule has 1 aromatic rings. The molecule has 1 aliphatic rings. The molecular weight excluding hydrogens is 338 g/mol. The number of carbonyl (C=O) groups is 1. The van der Waals surface area contributed by atoms with Crippen LogP contribution in [0.15, 0.2) is 15.9 Å².